The first-order valence-corrected chi connectivity index (χ1v) is 7.01. The Kier molecular flexibility index (Phi) is 4.35. The molecule has 2 rings (SSSR count). The Balaban J connectivity index is 2.19. The maximum absolute atomic E-state index is 8.78. The molecule has 0 unspecified atom stereocenters. The molecular formula is C14H13ClN2S. The van der Waals surface area contributed by atoms with E-state index in [2.05, 4.69) is 18.0 Å². The first kappa shape index (κ1) is 13.1. The molecule has 0 saturated carbocycles. The lowest BCUT2D eigenvalue weighted by molar-refractivity contribution is 0.996. The SMILES string of the molecule is CCc1nc(Cc2ccc(Cl)cc2)sc1CC#N. The van der Waals surface area contributed by atoms with Crippen LogP contribution in [0.1, 0.15) is 28.1 Å². The lowest BCUT2D eigenvalue weighted by Gasteiger charge is -1.97. The number of thiazole rings is 1. The maximum Gasteiger partial charge on any atom is 0.0975 e. The second kappa shape index (κ2) is 5.99. The second-order valence-corrected chi connectivity index (χ2v) is 5.57. The molecule has 18 heavy (non-hydrogen) atoms. The molecule has 0 spiro atoms. The topological polar surface area (TPSA) is 36.7 Å². The van der Waals surface area contributed by atoms with Crippen molar-refractivity contribution < 1.29 is 0 Å². The van der Waals surface area contributed by atoms with Gasteiger partial charge in [0.2, 0.25) is 0 Å². The predicted molar refractivity (Wildman–Crippen MR) is 75.1 cm³/mol. The molecule has 0 atom stereocenters. The van der Waals surface area contributed by atoms with Gasteiger partial charge in [-0.2, -0.15) is 5.26 Å². The van der Waals surface area contributed by atoms with Gasteiger partial charge in [0.05, 0.1) is 23.2 Å². The number of rotatable bonds is 4. The summed E-state index contributed by atoms with van der Waals surface area (Å²) >= 11 is 7.50. The van der Waals surface area contributed by atoms with E-state index in [1.165, 1.54) is 5.56 Å². The third-order valence-electron chi connectivity index (χ3n) is 2.67. The standard InChI is InChI=1S/C14H13ClN2S/c1-2-12-13(7-8-16)18-14(17-12)9-10-3-5-11(15)6-4-10/h3-6H,2,7,9H2,1H3. The molecule has 1 aromatic carbocycles. The Morgan fingerprint density at radius 3 is 2.67 bits per heavy atom. The van der Waals surface area contributed by atoms with E-state index in [1.54, 1.807) is 11.3 Å². The summed E-state index contributed by atoms with van der Waals surface area (Å²) in [5, 5.41) is 10.6. The number of nitrogens with zero attached hydrogens (tertiary/aromatic N) is 2. The third-order valence-corrected chi connectivity index (χ3v) is 4.02. The predicted octanol–water partition coefficient (Wildman–Crippen LogP) is 4.02. The van der Waals surface area contributed by atoms with Gasteiger partial charge < -0.3 is 0 Å². The van der Waals surface area contributed by atoms with Crippen LogP contribution in [0.4, 0.5) is 0 Å². The van der Waals surface area contributed by atoms with Crippen LogP contribution < -0.4 is 0 Å². The van der Waals surface area contributed by atoms with Gasteiger partial charge in [0.25, 0.3) is 0 Å². The molecule has 0 N–H and O–H groups in total. The van der Waals surface area contributed by atoms with E-state index in [0.717, 1.165) is 33.4 Å². The average molecular weight is 277 g/mol. The van der Waals surface area contributed by atoms with Crippen molar-refractivity contribution in [1.29, 1.82) is 5.26 Å². The number of halogens is 1. The minimum absolute atomic E-state index is 0.460. The largest absolute Gasteiger partial charge is 0.246 e. The first-order chi connectivity index (χ1) is 8.72. The lowest BCUT2D eigenvalue weighted by Crippen LogP contribution is -1.89. The number of aromatic nitrogens is 1. The van der Waals surface area contributed by atoms with Crippen molar-refractivity contribution in [3.8, 4) is 6.07 Å². The fourth-order valence-corrected chi connectivity index (χ4v) is 3.03. The Morgan fingerprint density at radius 1 is 1.33 bits per heavy atom. The zero-order chi connectivity index (χ0) is 13.0. The Bertz CT molecular complexity index is 566. The molecule has 92 valence electrons. The fraction of sp³-hybridized carbons (Fsp3) is 0.286. The molecule has 0 bridgehead atoms. The molecular weight excluding hydrogens is 264 g/mol. The summed E-state index contributed by atoms with van der Waals surface area (Å²) in [6.45, 7) is 2.07. The van der Waals surface area contributed by atoms with Crippen molar-refractivity contribution >= 4 is 22.9 Å². The van der Waals surface area contributed by atoms with Gasteiger partial charge >= 0.3 is 0 Å². The van der Waals surface area contributed by atoms with Gasteiger partial charge in [-0.3, -0.25) is 0 Å². The molecule has 0 aliphatic heterocycles. The summed E-state index contributed by atoms with van der Waals surface area (Å²) in [4.78, 5) is 5.70. The quantitative estimate of drug-likeness (QED) is 0.846. The summed E-state index contributed by atoms with van der Waals surface area (Å²) in [6, 6.07) is 10.0. The summed E-state index contributed by atoms with van der Waals surface area (Å²) in [5.41, 5.74) is 2.25. The van der Waals surface area contributed by atoms with Crippen molar-refractivity contribution in [2.75, 3.05) is 0 Å². The van der Waals surface area contributed by atoms with Gasteiger partial charge in [-0.1, -0.05) is 30.7 Å². The van der Waals surface area contributed by atoms with Gasteiger partial charge in [0, 0.05) is 16.3 Å². The van der Waals surface area contributed by atoms with Gasteiger partial charge in [-0.15, -0.1) is 11.3 Å². The molecule has 2 aromatic rings. The summed E-state index contributed by atoms with van der Waals surface area (Å²) in [7, 11) is 0. The summed E-state index contributed by atoms with van der Waals surface area (Å²) < 4.78 is 0. The van der Waals surface area contributed by atoms with Crippen LogP contribution in [0.5, 0.6) is 0 Å². The number of hydrogen-bond acceptors (Lipinski definition) is 3. The molecule has 0 radical (unpaired) electrons. The minimum Gasteiger partial charge on any atom is -0.246 e. The van der Waals surface area contributed by atoms with Crippen LogP contribution >= 0.6 is 22.9 Å². The zero-order valence-corrected chi connectivity index (χ0v) is 11.7. The van der Waals surface area contributed by atoms with Gasteiger partial charge in [-0.25, -0.2) is 4.98 Å². The van der Waals surface area contributed by atoms with Gasteiger partial charge in [-0.05, 0) is 24.1 Å². The monoisotopic (exact) mass is 276 g/mol. The Hall–Kier alpha value is -1.37. The van der Waals surface area contributed by atoms with E-state index >= 15 is 0 Å². The average Bonchev–Trinajstić information content (AvgIpc) is 2.75. The number of nitriles is 1. The number of aryl methyl sites for hydroxylation is 1. The Labute approximate surface area is 116 Å². The van der Waals surface area contributed by atoms with Gasteiger partial charge in [0.1, 0.15) is 0 Å². The Morgan fingerprint density at radius 2 is 2.06 bits per heavy atom. The summed E-state index contributed by atoms with van der Waals surface area (Å²) in [6.07, 6.45) is 2.15. The second-order valence-electron chi connectivity index (χ2n) is 3.97. The molecule has 1 heterocycles. The maximum atomic E-state index is 8.78. The molecule has 0 saturated heterocycles. The third kappa shape index (κ3) is 3.10. The highest BCUT2D eigenvalue weighted by atomic mass is 35.5. The van der Waals surface area contributed by atoms with E-state index in [9.17, 15) is 0 Å². The van der Waals surface area contributed by atoms with Crippen molar-refractivity contribution in [3.63, 3.8) is 0 Å². The highest BCUT2D eigenvalue weighted by Gasteiger charge is 2.09. The number of benzene rings is 1. The van der Waals surface area contributed by atoms with Crippen molar-refractivity contribution in [2.24, 2.45) is 0 Å². The van der Waals surface area contributed by atoms with Crippen LogP contribution in [0.25, 0.3) is 0 Å². The summed E-state index contributed by atoms with van der Waals surface area (Å²) in [5.74, 6) is 0. The highest BCUT2D eigenvalue weighted by Crippen LogP contribution is 2.22. The lowest BCUT2D eigenvalue weighted by atomic mass is 10.2. The van der Waals surface area contributed by atoms with E-state index in [0.29, 0.717) is 6.42 Å². The van der Waals surface area contributed by atoms with E-state index in [4.69, 9.17) is 16.9 Å². The van der Waals surface area contributed by atoms with Crippen LogP contribution in [0.15, 0.2) is 24.3 Å². The van der Waals surface area contributed by atoms with E-state index in [-0.39, 0.29) is 0 Å². The zero-order valence-electron chi connectivity index (χ0n) is 10.1. The molecule has 0 aliphatic rings. The molecule has 2 nitrogen and oxygen atoms in total. The minimum atomic E-state index is 0.460. The van der Waals surface area contributed by atoms with Crippen LogP contribution in [0.2, 0.25) is 5.02 Å². The van der Waals surface area contributed by atoms with Crippen molar-refractivity contribution in [2.45, 2.75) is 26.2 Å². The van der Waals surface area contributed by atoms with Crippen LogP contribution in [0.3, 0.4) is 0 Å². The molecule has 0 fully saturated rings. The number of hydrogen-bond donors (Lipinski definition) is 0. The first-order valence-electron chi connectivity index (χ1n) is 5.81. The van der Waals surface area contributed by atoms with Gasteiger partial charge in [0.15, 0.2) is 0 Å². The smallest absolute Gasteiger partial charge is 0.0975 e. The molecule has 1 aromatic heterocycles. The molecule has 0 aliphatic carbocycles. The highest BCUT2D eigenvalue weighted by molar-refractivity contribution is 7.11. The van der Waals surface area contributed by atoms with E-state index in [1.807, 2.05) is 24.3 Å². The van der Waals surface area contributed by atoms with Crippen LogP contribution in [0, 0.1) is 11.3 Å². The molecule has 0 amide bonds. The molecule has 4 heteroatoms. The van der Waals surface area contributed by atoms with Crippen molar-refractivity contribution in [3.05, 3.63) is 50.4 Å². The van der Waals surface area contributed by atoms with E-state index < -0.39 is 0 Å². The van der Waals surface area contributed by atoms with Crippen LogP contribution in [-0.2, 0) is 19.3 Å². The fourth-order valence-electron chi connectivity index (χ4n) is 1.78. The van der Waals surface area contributed by atoms with Crippen molar-refractivity contribution in [1.82, 2.24) is 4.98 Å². The van der Waals surface area contributed by atoms with Crippen LogP contribution in [-0.4, -0.2) is 4.98 Å². The normalized spacial score (nSPS) is 10.3.